The summed E-state index contributed by atoms with van der Waals surface area (Å²) in [6.45, 7) is 9.06. The van der Waals surface area contributed by atoms with Crippen LogP contribution >= 0.6 is 0 Å². The molecule has 0 aromatic rings. The Bertz CT molecular complexity index is 226. The van der Waals surface area contributed by atoms with Crippen molar-refractivity contribution in [1.29, 1.82) is 0 Å². The molecule has 0 aromatic heterocycles. The van der Waals surface area contributed by atoms with Crippen LogP contribution in [0.15, 0.2) is 21.5 Å². The van der Waals surface area contributed by atoms with Crippen LogP contribution in [0, 0.1) is 5.41 Å². The van der Waals surface area contributed by atoms with E-state index < -0.39 is 0 Å². The summed E-state index contributed by atoms with van der Waals surface area (Å²) in [6, 6.07) is 0. The van der Waals surface area contributed by atoms with Gasteiger partial charge in [0.1, 0.15) is 0 Å². The van der Waals surface area contributed by atoms with E-state index in [-0.39, 0.29) is 0 Å². The van der Waals surface area contributed by atoms with Gasteiger partial charge in [-0.3, -0.25) is 0 Å². The Balaban J connectivity index is 2.94. The molecular formula is C10H15Li. The van der Waals surface area contributed by atoms with E-state index >= 15 is 0 Å². The molecule has 1 aliphatic carbocycles. The van der Waals surface area contributed by atoms with E-state index in [0.717, 1.165) is 0 Å². The average Bonchev–Trinajstić information content (AvgIpc) is 2.11. The van der Waals surface area contributed by atoms with Gasteiger partial charge in [-0.25, -0.2) is 0 Å². The maximum atomic E-state index is 2.37. The van der Waals surface area contributed by atoms with Gasteiger partial charge in [0.25, 0.3) is 0 Å². The normalized spacial score (nSPS) is 19.3. The van der Waals surface area contributed by atoms with Crippen LogP contribution in [0.1, 0.15) is 34.1 Å². The molecule has 11 heavy (non-hydrogen) atoms. The molecule has 0 heterocycles. The summed E-state index contributed by atoms with van der Waals surface area (Å²) >= 11 is 2.24. The van der Waals surface area contributed by atoms with Crippen molar-refractivity contribution in [3.8, 4) is 0 Å². The van der Waals surface area contributed by atoms with Crippen LogP contribution in [0.5, 0.6) is 0 Å². The van der Waals surface area contributed by atoms with Crippen LogP contribution in [-0.4, -0.2) is 17.7 Å². The second-order valence-corrected chi connectivity index (χ2v) is 4.48. The van der Waals surface area contributed by atoms with Gasteiger partial charge in [-0.1, -0.05) is 0 Å². The zero-order chi connectivity index (χ0) is 8.65. The average molecular weight is 142 g/mol. The molecule has 0 nitrogen and oxygen atoms in total. The summed E-state index contributed by atoms with van der Waals surface area (Å²) in [4.78, 5) is 0. The molecule has 0 amide bonds. The summed E-state index contributed by atoms with van der Waals surface area (Å²) in [5.74, 6) is 0. The summed E-state index contributed by atoms with van der Waals surface area (Å²) in [7, 11) is 0. The SMILES string of the molecule is [Li][C]1=C(C)CC=C1C(C)(C)C. The van der Waals surface area contributed by atoms with Gasteiger partial charge in [0, 0.05) is 0 Å². The molecule has 0 unspecified atom stereocenters. The third kappa shape index (κ3) is 1.81. The molecule has 0 radical (unpaired) electrons. The van der Waals surface area contributed by atoms with Crippen LogP contribution < -0.4 is 0 Å². The second-order valence-electron chi connectivity index (χ2n) is 4.48. The molecule has 0 fully saturated rings. The first-order chi connectivity index (χ1) is 4.93. The fraction of sp³-hybridized carbons (Fsp3) is 0.600. The predicted octanol–water partition coefficient (Wildman–Crippen LogP) is 2.81. The Labute approximate surface area is 79.0 Å². The zero-order valence-corrected chi connectivity index (χ0v) is 8.28. The first-order valence-corrected chi connectivity index (χ1v) is 4.30. The Kier molecular flexibility index (Phi) is 2.37. The Morgan fingerprint density at radius 1 is 1.36 bits per heavy atom. The molecule has 1 heteroatoms. The van der Waals surface area contributed by atoms with E-state index in [0.29, 0.717) is 5.41 Å². The first kappa shape index (κ1) is 9.17. The molecule has 0 aliphatic heterocycles. The van der Waals surface area contributed by atoms with Crippen LogP contribution in [-0.2, 0) is 0 Å². The Hall–Kier alpha value is 0.0774. The third-order valence-corrected chi connectivity index (χ3v) is 2.46. The van der Waals surface area contributed by atoms with Gasteiger partial charge in [0.2, 0.25) is 0 Å². The van der Waals surface area contributed by atoms with Gasteiger partial charge in [-0.2, -0.15) is 0 Å². The van der Waals surface area contributed by atoms with Crippen LogP contribution in [0.4, 0.5) is 0 Å². The van der Waals surface area contributed by atoms with Crippen molar-refractivity contribution in [2.75, 3.05) is 0 Å². The minimum absolute atomic E-state index is 0.335. The van der Waals surface area contributed by atoms with Gasteiger partial charge in [-0.15, -0.1) is 0 Å². The van der Waals surface area contributed by atoms with Gasteiger partial charge in [0.15, 0.2) is 0 Å². The predicted molar refractivity (Wildman–Crippen MR) is 50.6 cm³/mol. The molecule has 0 saturated heterocycles. The van der Waals surface area contributed by atoms with Crippen molar-refractivity contribution >= 4 is 17.7 Å². The summed E-state index contributed by atoms with van der Waals surface area (Å²) < 4.78 is 1.51. The summed E-state index contributed by atoms with van der Waals surface area (Å²) in [5, 5.41) is 0. The first-order valence-electron chi connectivity index (χ1n) is 4.30. The van der Waals surface area contributed by atoms with Gasteiger partial charge >= 0.3 is 78.7 Å². The van der Waals surface area contributed by atoms with Gasteiger partial charge < -0.3 is 0 Å². The molecule has 0 spiro atoms. The molecule has 0 bridgehead atoms. The fourth-order valence-electron chi connectivity index (χ4n) is 1.66. The number of allylic oxidation sites excluding steroid dienone is 4. The molecule has 0 saturated carbocycles. The maximum absolute atomic E-state index is 2.37. The number of rotatable bonds is 0. The van der Waals surface area contributed by atoms with Crippen molar-refractivity contribution in [2.45, 2.75) is 34.1 Å². The van der Waals surface area contributed by atoms with Crippen molar-refractivity contribution in [3.63, 3.8) is 0 Å². The van der Waals surface area contributed by atoms with Gasteiger partial charge in [-0.05, 0) is 0 Å². The standard InChI is InChI=1S/C10H15.Li/c1-8-5-6-9(7-8)10(2,3)4;/h6H,5H2,1-4H3;. The van der Waals surface area contributed by atoms with E-state index in [4.69, 9.17) is 0 Å². The quantitative estimate of drug-likeness (QED) is 0.456. The molecule has 56 valence electrons. The monoisotopic (exact) mass is 142 g/mol. The van der Waals surface area contributed by atoms with E-state index in [9.17, 15) is 0 Å². The van der Waals surface area contributed by atoms with E-state index in [1.807, 2.05) is 0 Å². The van der Waals surface area contributed by atoms with Crippen molar-refractivity contribution < 1.29 is 0 Å². The van der Waals surface area contributed by atoms with Crippen molar-refractivity contribution in [2.24, 2.45) is 5.41 Å². The second kappa shape index (κ2) is 2.85. The third-order valence-electron chi connectivity index (χ3n) is 2.46. The minimum atomic E-state index is 0.335. The zero-order valence-electron chi connectivity index (χ0n) is 8.28. The summed E-state index contributed by atoms with van der Waals surface area (Å²) in [6.07, 6.45) is 3.53. The molecule has 0 N–H and O–H groups in total. The number of hydrogen-bond acceptors (Lipinski definition) is 0. The molecule has 0 atom stereocenters. The number of hydrogen-bond donors (Lipinski definition) is 0. The topological polar surface area (TPSA) is 0 Å². The van der Waals surface area contributed by atoms with E-state index in [1.165, 1.54) is 21.8 Å². The van der Waals surface area contributed by atoms with Gasteiger partial charge in [0.05, 0.1) is 0 Å². The molecule has 1 rings (SSSR count). The van der Waals surface area contributed by atoms with E-state index in [1.54, 1.807) is 0 Å². The summed E-state index contributed by atoms with van der Waals surface area (Å²) in [5.41, 5.74) is 3.41. The van der Waals surface area contributed by atoms with E-state index in [2.05, 4.69) is 51.5 Å². The molecular weight excluding hydrogens is 127 g/mol. The van der Waals surface area contributed by atoms with Crippen molar-refractivity contribution in [3.05, 3.63) is 21.5 Å². The van der Waals surface area contributed by atoms with Crippen LogP contribution in [0.3, 0.4) is 0 Å². The molecule has 1 aliphatic rings. The van der Waals surface area contributed by atoms with Crippen LogP contribution in [0.25, 0.3) is 0 Å². The Morgan fingerprint density at radius 3 is 2.09 bits per heavy atom. The molecule has 0 aromatic carbocycles. The van der Waals surface area contributed by atoms with Crippen molar-refractivity contribution in [1.82, 2.24) is 0 Å². The Morgan fingerprint density at radius 2 is 1.91 bits per heavy atom. The fourth-order valence-corrected chi connectivity index (χ4v) is 1.66. The van der Waals surface area contributed by atoms with Crippen LogP contribution in [0.2, 0.25) is 0 Å².